The maximum Gasteiger partial charge on any atom is 0.293 e. The van der Waals surface area contributed by atoms with Gasteiger partial charge in [0.2, 0.25) is 0 Å². The summed E-state index contributed by atoms with van der Waals surface area (Å²) in [6.07, 6.45) is 0. The largest absolute Gasteiger partial charge is 0.494 e. The highest BCUT2D eigenvalue weighted by molar-refractivity contribution is 6.35. The predicted octanol–water partition coefficient (Wildman–Crippen LogP) is 2.79. The zero-order valence-electron chi connectivity index (χ0n) is 12.2. The van der Waals surface area contributed by atoms with Crippen LogP contribution in [0.1, 0.15) is 27.6 Å². The monoisotopic (exact) mass is 312 g/mol. The van der Waals surface area contributed by atoms with E-state index in [9.17, 15) is 19.7 Å². The minimum Gasteiger partial charge on any atom is -0.494 e. The smallest absolute Gasteiger partial charge is 0.293 e. The van der Waals surface area contributed by atoms with E-state index in [2.05, 4.69) is 0 Å². The molecule has 116 valence electrons. The van der Waals surface area contributed by atoms with Gasteiger partial charge in [0.05, 0.1) is 22.7 Å². The quantitative estimate of drug-likeness (QED) is 0.492. The average Bonchev–Trinajstić information content (AvgIpc) is 2.79. The number of nitro groups is 1. The maximum atomic E-state index is 12.5. The first kappa shape index (κ1) is 14.7. The molecule has 3 rings (SSSR count). The van der Waals surface area contributed by atoms with Gasteiger partial charge in [-0.25, -0.2) is 4.90 Å². The molecule has 1 heterocycles. The van der Waals surface area contributed by atoms with Crippen LogP contribution in [0.4, 0.5) is 11.4 Å². The molecule has 0 saturated carbocycles. The van der Waals surface area contributed by atoms with Gasteiger partial charge in [-0.2, -0.15) is 0 Å². The van der Waals surface area contributed by atoms with Crippen LogP contribution in [-0.4, -0.2) is 23.3 Å². The lowest BCUT2D eigenvalue weighted by Crippen LogP contribution is -2.30. The Morgan fingerprint density at radius 2 is 1.70 bits per heavy atom. The van der Waals surface area contributed by atoms with Crippen molar-refractivity contribution in [2.24, 2.45) is 0 Å². The number of ether oxygens (including phenoxy) is 1. The van der Waals surface area contributed by atoms with E-state index in [1.807, 2.05) is 0 Å². The van der Waals surface area contributed by atoms with Gasteiger partial charge in [-0.05, 0) is 25.1 Å². The fourth-order valence-electron chi connectivity index (χ4n) is 2.50. The van der Waals surface area contributed by atoms with Gasteiger partial charge in [-0.1, -0.05) is 12.1 Å². The minimum atomic E-state index is -0.630. The zero-order valence-corrected chi connectivity index (χ0v) is 12.2. The number of imide groups is 1. The highest BCUT2D eigenvalue weighted by Gasteiger charge is 2.39. The fraction of sp³-hybridized carbons (Fsp3) is 0.125. The molecule has 7 nitrogen and oxygen atoms in total. The van der Waals surface area contributed by atoms with Crippen molar-refractivity contribution in [3.63, 3.8) is 0 Å². The van der Waals surface area contributed by atoms with Gasteiger partial charge in [0, 0.05) is 12.1 Å². The summed E-state index contributed by atoms with van der Waals surface area (Å²) in [4.78, 5) is 36.4. The molecule has 1 aliphatic heterocycles. The van der Waals surface area contributed by atoms with Crippen LogP contribution < -0.4 is 9.64 Å². The molecule has 0 fully saturated rings. The molecule has 0 N–H and O–H groups in total. The Bertz CT molecular complexity index is 796. The number of fused-ring (bicyclic) bond motifs is 1. The van der Waals surface area contributed by atoms with Crippen LogP contribution in [0.5, 0.6) is 5.75 Å². The summed E-state index contributed by atoms with van der Waals surface area (Å²) in [5, 5.41) is 11.2. The highest BCUT2D eigenvalue weighted by atomic mass is 16.6. The van der Waals surface area contributed by atoms with Crippen LogP contribution in [0.3, 0.4) is 0 Å². The maximum absolute atomic E-state index is 12.5. The second-order valence-corrected chi connectivity index (χ2v) is 4.83. The Kier molecular flexibility index (Phi) is 3.53. The van der Waals surface area contributed by atoms with E-state index in [-0.39, 0.29) is 22.5 Å². The van der Waals surface area contributed by atoms with E-state index in [1.165, 1.54) is 30.3 Å². The molecule has 0 aliphatic carbocycles. The molecule has 0 radical (unpaired) electrons. The Morgan fingerprint density at radius 3 is 2.22 bits per heavy atom. The van der Waals surface area contributed by atoms with Gasteiger partial charge in [0.25, 0.3) is 17.5 Å². The third kappa shape index (κ3) is 2.32. The van der Waals surface area contributed by atoms with Crippen LogP contribution in [0.15, 0.2) is 42.5 Å². The second kappa shape index (κ2) is 5.53. The van der Waals surface area contributed by atoms with Crippen molar-refractivity contribution in [3.05, 3.63) is 63.7 Å². The molecule has 0 spiro atoms. The normalized spacial score (nSPS) is 13.2. The second-order valence-electron chi connectivity index (χ2n) is 4.83. The molecular weight excluding hydrogens is 300 g/mol. The zero-order chi connectivity index (χ0) is 16.6. The van der Waals surface area contributed by atoms with Crippen LogP contribution in [0, 0.1) is 10.1 Å². The Labute approximate surface area is 131 Å². The summed E-state index contributed by atoms with van der Waals surface area (Å²) in [5.74, 6) is -0.811. The van der Waals surface area contributed by atoms with E-state index < -0.39 is 16.7 Å². The summed E-state index contributed by atoms with van der Waals surface area (Å²) < 4.78 is 5.32. The summed E-state index contributed by atoms with van der Waals surface area (Å²) in [6.45, 7) is 2.13. The third-order valence-electron chi connectivity index (χ3n) is 3.49. The fourth-order valence-corrected chi connectivity index (χ4v) is 2.50. The Hall–Kier alpha value is -3.22. The molecule has 0 aromatic heterocycles. The SMILES string of the molecule is CCOc1ccc([N+](=O)[O-])c(N2C(=O)c3ccccc3C2=O)c1. The van der Waals surface area contributed by atoms with Crippen molar-refractivity contribution in [1.82, 2.24) is 0 Å². The topological polar surface area (TPSA) is 89.8 Å². The van der Waals surface area contributed by atoms with Gasteiger partial charge in [0.1, 0.15) is 11.4 Å². The number of hydrogen-bond donors (Lipinski definition) is 0. The number of anilines is 1. The predicted molar refractivity (Wildman–Crippen MR) is 81.8 cm³/mol. The van der Waals surface area contributed by atoms with Crippen LogP contribution in [0.25, 0.3) is 0 Å². The summed E-state index contributed by atoms with van der Waals surface area (Å²) >= 11 is 0. The van der Waals surface area contributed by atoms with Gasteiger partial charge in [-0.15, -0.1) is 0 Å². The van der Waals surface area contributed by atoms with Gasteiger partial charge in [0.15, 0.2) is 0 Å². The van der Waals surface area contributed by atoms with Crippen molar-refractivity contribution < 1.29 is 19.2 Å². The van der Waals surface area contributed by atoms with Gasteiger partial charge in [-0.3, -0.25) is 19.7 Å². The number of nitro benzene ring substituents is 1. The van der Waals surface area contributed by atoms with E-state index in [1.54, 1.807) is 19.1 Å². The number of nitrogens with zero attached hydrogens (tertiary/aromatic N) is 2. The first-order chi connectivity index (χ1) is 11.0. The standard InChI is InChI=1S/C16H12N2O5/c1-2-23-10-7-8-13(18(21)22)14(9-10)17-15(19)11-5-3-4-6-12(11)16(17)20/h3-9H,2H2,1H3. The third-order valence-corrected chi connectivity index (χ3v) is 3.49. The summed E-state index contributed by atoms with van der Waals surface area (Å²) in [7, 11) is 0. The molecule has 7 heteroatoms. The molecule has 1 aliphatic rings. The molecule has 2 aromatic carbocycles. The molecule has 0 bridgehead atoms. The average molecular weight is 312 g/mol. The molecule has 0 atom stereocenters. The van der Waals surface area contributed by atoms with Crippen molar-refractivity contribution in [2.75, 3.05) is 11.5 Å². The van der Waals surface area contributed by atoms with Crippen molar-refractivity contribution >= 4 is 23.2 Å². The van der Waals surface area contributed by atoms with Crippen molar-refractivity contribution in [3.8, 4) is 5.75 Å². The molecular formula is C16H12N2O5. The van der Waals surface area contributed by atoms with E-state index in [0.717, 1.165) is 4.90 Å². The number of amides is 2. The number of rotatable bonds is 4. The number of hydrogen-bond acceptors (Lipinski definition) is 5. The summed E-state index contributed by atoms with van der Waals surface area (Å²) in [6, 6.07) is 10.3. The molecule has 2 amide bonds. The van der Waals surface area contributed by atoms with Gasteiger partial charge < -0.3 is 4.74 Å². The van der Waals surface area contributed by atoms with Crippen LogP contribution >= 0.6 is 0 Å². The van der Waals surface area contributed by atoms with E-state index >= 15 is 0 Å². The number of benzene rings is 2. The highest BCUT2D eigenvalue weighted by Crippen LogP contribution is 2.37. The van der Waals surface area contributed by atoms with Crippen molar-refractivity contribution in [1.29, 1.82) is 0 Å². The van der Waals surface area contributed by atoms with Gasteiger partial charge >= 0.3 is 0 Å². The van der Waals surface area contributed by atoms with Crippen LogP contribution in [0.2, 0.25) is 0 Å². The lowest BCUT2D eigenvalue weighted by Gasteiger charge is -2.15. The minimum absolute atomic E-state index is 0.0906. The molecule has 2 aromatic rings. The van der Waals surface area contributed by atoms with E-state index in [0.29, 0.717) is 12.4 Å². The Balaban J connectivity index is 2.15. The van der Waals surface area contributed by atoms with Crippen molar-refractivity contribution in [2.45, 2.75) is 6.92 Å². The lowest BCUT2D eigenvalue weighted by molar-refractivity contribution is -0.384. The lowest BCUT2D eigenvalue weighted by atomic mass is 10.1. The first-order valence-corrected chi connectivity index (χ1v) is 6.93. The number of carbonyl (C=O) groups excluding carboxylic acids is 2. The summed E-state index contributed by atoms with van der Waals surface area (Å²) in [5.41, 5.74) is 0.0392. The van der Waals surface area contributed by atoms with E-state index in [4.69, 9.17) is 4.74 Å². The Morgan fingerprint density at radius 1 is 1.09 bits per heavy atom. The molecule has 0 saturated heterocycles. The first-order valence-electron chi connectivity index (χ1n) is 6.93. The molecule has 23 heavy (non-hydrogen) atoms. The van der Waals surface area contributed by atoms with Crippen LogP contribution in [-0.2, 0) is 0 Å². The molecule has 0 unspecified atom stereocenters. The number of carbonyl (C=O) groups is 2.